The molecule has 1 N–H and O–H groups in total. The van der Waals surface area contributed by atoms with Crippen LogP contribution in [0.1, 0.15) is 29.8 Å². The van der Waals surface area contributed by atoms with E-state index in [1.165, 1.54) is 6.42 Å². The predicted molar refractivity (Wildman–Crippen MR) is 113 cm³/mol. The highest BCUT2D eigenvalue weighted by Gasteiger charge is 2.16. The van der Waals surface area contributed by atoms with Crippen LogP contribution in [0.3, 0.4) is 0 Å². The van der Waals surface area contributed by atoms with Crippen LogP contribution in [0, 0.1) is 0 Å². The molecule has 4 rings (SSSR count). The van der Waals surface area contributed by atoms with Gasteiger partial charge in [-0.3, -0.25) is 4.79 Å². The fraction of sp³-hybridized carbons (Fsp3) is 0.348. The zero-order valence-electron chi connectivity index (χ0n) is 17.1. The maximum Gasteiger partial charge on any atom is 0.258 e. The van der Waals surface area contributed by atoms with Gasteiger partial charge in [0.1, 0.15) is 11.6 Å². The molecule has 0 unspecified atom stereocenters. The van der Waals surface area contributed by atoms with Crippen molar-refractivity contribution >= 4 is 5.91 Å². The van der Waals surface area contributed by atoms with Crippen LogP contribution in [0.15, 0.2) is 48.5 Å². The van der Waals surface area contributed by atoms with Crippen LogP contribution in [0.25, 0.3) is 11.4 Å². The van der Waals surface area contributed by atoms with Gasteiger partial charge in [0.2, 0.25) is 0 Å². The van der Waals surface area contributed by atoms with Crippen molar-refractivity contribution in [1.29, 1.82) is 0 Å². The Kier molecular flexibility index (Phi) is 6.39. The Bertz CT molecular complexity index is 998. The monoisotopic (exact) mass is 406 g/mol. The molecular weight excluding hydrogens is 380 g/mol. The maximum absolute atomic E-state index is 12.2. The number of ether oxygens (including phenoxy) is 2. The molecule has 0 saturated heterocycles. The predicted octanol–water partition coefficient (Wildman–Crippen LogP) is 3.12. The van der Waals surface area contributed by atoms with Crippen LogP contribution < -0.4 is 10.1 Å². The Hall–Kier alpha value is -3.19. The molecule has 0 spiro atoms. The van der Waals surface area contributed by atoms with Crippen molar-refractivity contribution in [3.63, 3.8) is 0 Å². The lowest BCUT2D eigenvalue weighted by atomic mass is 10.1. The highest BCUT2D eigenvalue weighted by Crippen LogP contribution is 2.24. The van der Waals surface area contributed by atoms with Crippen molar-refractivity contribution in [3.05, 3.63) is 65.5 Å². The lowest BCUT2D eigenvalue weighted by Crippen LogP contribution is -2.28. The molecule has 3 aromatic rings. The number of amides is 1. The third-order valence-electron chi connectivity index (χ3n) is 5.24. The molecule has 0 saturated carbocycles. The summed E-state index contributed by atoms with van der Waals surface area (Å²) in [7, 11) is 1.66. The number of nitrogens with zero attached hydrogens (tertiary/aromatic N) is 3. The summed E-state index contributed by atoms with van der Waals surface area (Å²) in [6.45, 7) is 1.89. The zero-order valence-corrected chi connectivity index (χ0v) is 17.1. The van der Waals surface area contributed by atoms with Gasteiger partial charge in [-0.15, -0.1) is 10.2 Å². The first-order chi connectivity index (χ1) is 14.7. The second-order valence-corrected chi connectivity index (χ2v) is 7.34. The number of hydrogen-bond donors (Lipinski definition) is 1. The second-order valence-electron chi connectivity index (χ2n) is 7.34. The zero-order chi connectivity index (χ0) is 20.8. The number of carbonyl (C=O) groups is 1. The standard InChI is InChI=1S/C23H26N4O3/c1-29-15-19-7-3-2-6-18(19)14-24-22(28)16-30-20-11-9-17(10-12-20)23-26-25-21-8-4-5-13-27(21)23/h2-3,6-7,9-12H,4-5,8,13-16H2,1H3,(H,24,28). The summed E-state index contributed by atoms with van der Waals surface area (Å²) >= 11 is 0. The SMILES string of the molecule is COCc1ccccc1CNC(=O)COc1ccc(-c2nnc3n2CCCC3)cc1. The fourth-order valence-corrected chi connectivity index (χ4v) is 3.64. The Morgan fingerprint density at radius 3 is 2.67 bits per heavy atom. The maximum atomic E-state index is 12.2. The molecule has 7 heteroatoms. The summed E-state index contributed by atoms with van der Waals surface area (Å²) < 4.78 is 13.0. The third-order valence-corrected chi connectivity index (χ3v) is 5.24. The Morgan fingerprint density at radius 1 is 1.07 bits per heavy atom. The molecule has 1 aromatic heterocycles. The minimum atomic E-state index is -0.169. The molecule has 156 valence electrons. The summed E-state index contributed by atoms with van der Waals surface area (Å²) in [5.74, 6) is 2.42. The average Bonchev–Trinajstić information content (AvgIpc) is 3.22. The summed E-state index contributed by atoms with van der Waals surface area (Å²) in [4.78, 5) is 12.2. The molecule has 0 radical (unpaired) electrons. The van der Waals surface area contributed by atoms with Crippen molar-refractivity contribution in [2.75, 3.05) is 13.7 Å². The first kappa shape index (κ1) is 20.1. The van der Waals surface area contributed by atoms with E-state index in [-0.39, 0.29) is 12.5 Å². The summed E-state index contributed by atoms with van der Waals surface area (Å²) in [5.41, 5.74) is 3.10. The van der Waals surface area contributed by atoms with Gasteiger partial charge in [0.15, 0.2) is 12.4 Å². The van der Waals surface area contributed by atoms with Crippen LogP contribution in [-0.2, 0) is 35.6 Å². The first-order valence-corrected chi connectivity index (χ1v) is 10.2. The van der Waals surface area contributed by atoms with Crippen molar-refractivity contribution in [1.82, 2.24) is 20.1 Å². The molecule has 1 aliphatic heterocycles. The van der Waals surface area contributed by atoms with Crippen molar-refractivity contribution < 1.29 is 14.3 Å². The van der Waals surface area contributed by atoms with Gasteiger partial charge in [0.25, 0.3) is 5.91 Å². The normalized spacial score (nSPS) is 13.0. The van der Waals surface area contributed by atoms with Crippen LogP contribution in [0.5, 0.6) is 5.75 Å². The molecule has 30 heavy (non-hydrogen) atoms. The van der Waals surface area contributed by atoms with Crippen molar-refractivity contribution in [3.8, 4) is 17.1 Å². The van der Waals surface area contributed by atoms with Crippen molar-refractivity contribution in [2.45, 2.75) is 39.0 Å². The quantitative estimate of drug-likeness (QED) is 0.622. The van der Waals surface area contributed by atoms with E-state index >= 15 is 0 Å². The number of nitrogens with one attached hydrogen (secondary N) is 1. The highest BCUT2D eigenvalue weighted by atomic mass is 16.5. The van der Waals surface area contributed by atoms with E-state index in [0.717, 1.165) is 47.7 Å². The highest BCUT2D eigenvalue weighted by molar-refractivity contribution is 5.77. The molecule has 2 aromatic carbocycles. The van der Waals surface area contributed by atoms with Gasteiger partial charge in [-0.1, -0.05) is 24.3 Å². The van der Waals surface area contributed by atoms with Gasteiger partial charge in [-0.2, -0.15) is 0 Å². The van der Waals surface area contributed by atoms with E-state index in [9.17, 15) is 4.79 Å². The van der Waals surface area contributed by atoms with Gasteiger partial charge < -0.3 is 19.4 Å². The molecule has 1 amide bonds. The summed E-state index contributed by atoms with van der Waals surface area (Å²) in [6.07, 6.45) is 3.31. The van der Waals surface area contributed by atoms with Gasteiger partial charge in [-0.05, 0) is 48.2 Å². The van der Waals surface area contributed by atoms with Crippen LogP contribution in [0.2, 0.25) is 0 Å². The Morgan fingerprint density at radius 2 is 1.87 bits per heavy atom. The topological polar surface area (TPSA) is 78.3 Å². The molecule has 0 fully saturated rings. The molecule has 0 atom stereocenters. The smallest absolute Gasteiger partial charge is 0.258 e. The van der Waals surface area contributed by atoms with E-state index in [1.807, 2.05) is 48.5 Å². The Labute approximate surface area is 176 Å². The summed E-state index contributed by atoms with van der Waals surface area (Å²) in [5, 5.41) is 11.5. The van der Waals surface area contributed by atoms with E-state index in [0.29, 0.717) is 18.9 Å². The van der Waals surface area contributed by atoms with Gasteiger partial charge in [0.05, 0.1) is 6.61 Å². The van der Waals surface area contributed by atoms with Crippen LogP contribution in [-0.4, -0.2) is 34.4 Å². The number of rotatable bonds is 8. The Balaban J connectivity index is 1.30. The number of benzene rings is 2. The second kappa shape index (κ2) is 9.54. The van der Waals surface area contributed by atoms with Crippen LogP contribution in [0.4, 0.5) is 0 Å². The number of methoxy groups -OCH3 is 1. The number of fused-ring (bicyclic) bond motifs is 1. The van der Waals surface area contributed by atoms with E-state index in [4.69, 9.17) is 9.47 Å². The van der Waals surface area contributed by atoms with Crippen LogP contribution >= 0.6 is 0 Å². The molecule has 0 aliphatic carbocycles. The van der Waals surface area contributed by atoms with Gasteiger partial charge in [-0.25, -0.2) is 0 Å². The average molecular weight is 406 g/mol. The fourth-order valence-electron chi connectivity index (χ4n) is 3.64. The molecule has 2 heterocycles. The molecule has 7 nitrogen and oxygen atoms in total. The number of aromatic nitrogens is 3. The lowest BCUT2D eigenvalue weighted by molar-refractivity contribution is -0.123. The number of aryl methyl sites for hydroxylation is 1. The lowest BCUT2D eigenvalue weighted by Gasteiger charge is -2.14. The van der Waals surface area contributed by atoms with Crippen molar-refractivity contribution in [2.24, 2.45) is 0 Å². The van der Waals surface area contributed by atoms with E-state index < -0.39 is 0 Å². The third kappa shape index (κ3) is 4.68. The molecular formula is C23H26N4O3. The minimum Gasteiger partial charge on any atom is -0.484 e. The number of hydrogen-bond acceptors (Lipinski definition) is 5. The number of carbonyl (C=O) groups excluding carboxylic acids is 1. The molecule has 0 bridgehead atoms. The summed E-state index contributed by atoms with van der Waals surface area (Å²) in [6, 6.07) is 15.5. The van der Waals surface area contributed by atoms with E-state index in [2.05, 4.69) is 20.1 Å². The first-order valence-electron chi connectivity index (χ1n) is 10.2. The largest absolute Gasteiger partial charge is 0.484 e. The van der Waals surface area contributed by atoms with Gasteiger partial charge in [0, 0.05) is 32.2 Å². The minimum absolute atomic E-state index is 0.0356. The van der Waals surface area contributed by atoms with E-state index in [1.54, 1.807) is 7.11 Å². The molecule has 1 aliphatic rings. The van der Waals surface area contributed by atoms with Gasteiger partial charge >= 0.3 is 0 Å².